The molecule has 1 heterocycles. The van der Waals surface area contributed by atoms with Crippen molar-refractivity contribution in [2.24, 2.45) is 0 Å². The second-order valence-electron chi connectivity index (χ2n) is 8.72. The Balaban J connectivity index is 1.83. The third-order valence-electron chi connectivity index (χ3n) is 6.31. The number of hydrogen-bond acceptors (Lipinski definition) is 10. The lowest BCUT2D eigenvalue weighted by Gasteiger charge is -2.33. The summed E-state index contributed by atoms with van der Waals surface area (Å²) in [6, 6.07) is 16.6. The van der Waals surface area contributed by atoms with E-state index in [1.807, 2.05) is 13.0 Å². The summed E-state index contributed by atoms with van der Waals surface area (Å²) in [5.74, 6) is -3.17. The molecule has 3 aromatic rings. The number of aryl methyl sites for hydroxylation is 1. The number of methoxy groups -OCH3 is 3. The zero-order chi connectivity index (χ0) is 27.7. The summed E-state index contributed by atoms with van der Waals surface area (Å²) in [6.07, 6.45) is -4.47. The molecule has 0 saturated carbocycles. The molecular weight excluding hydrogens is 516 g/mol. The number of rotatable bonds is 8. The molecular formula is C27H28O10S. The van der Waals surface area contributed by atoms with Gasteiger partial charge in [0.15, 0.2) is 12.2 Å². The van der Waals surface area contributed by atoms with Crippen molar-refractivity contribution in [3.8, 4) is 5.75 Å². The molecule has 3 atom stereocenters. The third kappa shape index (κ3) is 5.10. The van der Waals surface area contributed by atoms with Crippen molar-refractivity contribution in [3.05, 3.63) is 71.8 Å². The van der Waals surface area contributed by atoms with Crippen molar-refractivity contribution >= 4 is 32.8 Å². The van der Waals surface area contributed by atoms with Gasteiger partial charge in [-0.15, -0.1) is 0 Å². The minimum atomic E-state index is -4.31. The molecule has 11 heteroatoms. The maximum absolute atomic E-state index is 13.2. The van der Waals surface area contributed by atoms with Gasteiger partial charge in [0, 0.05) is 5.56 Å². The molecule has 10 nitrogen and oxygen atoms in total. The Morgan fingerprint density at radius 3 is 1.95 bits per heavy atom. The monoisotopic (exact) mass is 544 g/mol. The highest BCUT2D eigenvalue weighted by molar-refractivity contribution is 7.86. The summed E-state index contributed by atoms with van der Waals surface area (Å²) in [6.45, 7) is 3.24. The molecule has 1 aliphatic rings. The molecule has 1 aliphatic heterocycles. The molecule has 38 heavy (non-hydrogen) atoms. The number of carbonyl (C=O) groups is 2. The molecule has 202 valence electrons. The van der Waals surface area contributed by atoms with Gasteiger partial charge in [0.25, 0.3) is 10.1 Å². The van der Waals surface area contributed by atoms with E-state index in [9.17, 15) is 18.0 Å². The van der Waals surface area contributed by atoms with Gasteiger partial charge < -0.3 is 23.7 Å². The van der Waals surface area contributed by atoms with Crippen LogP contribution in [-0.2, 0) is 48.6 Å². The number of benzene rings is 3. The first-order chi connectivity index (χ1) is 18.0. The van der Waals surface area contributed by atoms with Crippen LogP contribution in [-0.4, -0.2) is 60.0 Å². The average Bonchev–Trinajstić information content (AvgIpc) is 3.34. The summed E-state index contributed by atoms with van der Waals surface area (Å²) in [5, 5.41) is 1.55. The molecule has 4 rings (SSSR count). The zero-order valence-electron chi connectivity index (χ0n) is 21.5. The standard InChI is InChI=1S/C27H28O10S/c1-16-6-12-22(13-7-16)38(30,31)37-17(2)27(35-23(25(28)33-4)24(36-27)26(29)34-5)20-10-8-19-15-21(32-3)11-9-18(19)14-20/h6-15,17,23-24H,1-5H3/t17?,23-,24-/m1/s1. The van der Waals surface area contributed by atoms with Crippen LogP contribution in [0.15, 0.2) is 65.6 Å². The van der Waals surface area contributed by atoms with Crippen molar-refractivity contribution in [1.29, 1.82) is 0 Å². The Hall–Kier alpha value is -3.51. The number of ether oxygens (including phenoxy) is 5. The number of esters is 2. The van der Waals surface area contributed by atoms with Gasteiger partial charge in [-0.25, -0.2) is 9.59 Å². The molecule has 0 N–H and O–H groups in total. The second kappa shape index (κ2) is 10.7. The minimum absolute atomic E-state index is 0.0808. The number of carbonyl (C=O) groups excluding carboxylic acids is 2. The Bertz CT molecular complexity index is 1420. The maximum atomic E-state index is 13.2. The number of hydrogen-bond donors (Lipinski definition) is 0. The van der Waals surface area contributed by atoms with E-state index < -0.39 is 46.2 Å². The van der Waals surface area contributed by atoms with Crippen LogP contribution in [0.3, 0.4) is 0 Å². The van der Waals surface area contributed by atoms with Crippen molar-refractivity contribution < 1.29 is 45.9 Å². The smallest absolute Gasteiger partial charge is 0.338 e. The summed E-state index contributed by atoms with van der Waals surface area (Å²) in [5.41, 5.74) is 1.17. The van der Waals surface area contributed by atoms with Gasteiger partial charge in [-0.05, 0) is 55.0 Å². The summed E-state index contributed by atoms with van der Waals surface area (Å²) in [7, 11) is -0.493. The molecule has 1 fully saturated rings. The summed E-state index contributed by atoms with van der Waals surface area (Å²) < 4.78 is 59.0. The van der Waals surface area contributed by atoms with Crippen molar-refractivity contribution in [3.63, 3.8) is 0 Å². The van der Waals surface area contributed by atoms with Crippen LogP contribution in [0.2, 0.25) is 0 Å². The van der Waals surface area contributed by atoms with Crippen LogP contribution in [0.5, 0.6) is 5.75 Å². The highest BCUT2D eigenvalue weighted by atomic mass is 32.2. The Morgan fingerprint density at radius 1 is 0.842 bits per heavy atom. The van der Waals surface area contributed by atoms with Gasteiger partial charge in [-0.2, -0.15) is 8.42 Å². The van der Waals surface area contributed by atoms with Gasteiger partial charge in [0.1, 0.15) is 11.9 Å². The quantitative estimate of drug-likeness (QED) is 0.308. The number of fused-ring (bicyclic) bond motifs is 1. The molecule has 3 aromatic carbocycles. The fourth-order valence-electron chi connectivity index (χ4n) is 4.25. The Labute approximate surface area is 220 Å². The van der Waals surface area contributed by atoms with E-state index in [2.05, 4.69) is 0 Å². The lowest BCUT2D eigenvalue weighted by Crippen LogP contribution is -2.43. The molecule has 0 aliphatic carbocycles. The largest absolute Gasteiger partial charge is 0.497 e. The lowest BCUT2D eigenvalue weighted by atomic mass is 9.97. The van der Waals surface area contributed by atoms with Crippen molar-refractivity contribution in [1.82, 2.24) is 0 Å². The summed E-state index contributed by atoms with van der Waals surface area (Å²) in [4.78, 5) is 25.1. The Morgan fingerprint density at radius 2 is 1.39 bits per heavy atom. The van der Waals surface area contributed by atoms with E-state index >= 15 is 0 Å². The van der Waals surface area contributed by atoms with E-state index in [1.54, 1.807) is 49.6 Å². The molecule has 0 spiro atoms. The van der Waals surface area contributed by atoms with Crippen LogP contribution in [0.4, 0.5) is 0 Å². The minimum Gasteiger partial charge on any atom is -0.497 e. The van der Waals surface area contributed by atoms with Gasteiger partial charge in [-0.3, -0.25) is 4.18 Å². The van der Waals surface area contributed by atoms with Gasteiger partial charge in [0.2, 0.25) is 5.79 Å². The van der Waals surface area contributed by atoms with E-state index in [4.69, 9.17) is 27.9 Å². The van der Waals surface area contributed by atoms with Crippen LogP contribution < -0.4 is 4.74 Å². The molecule has 0 bridgehead atoms. The summed E-state index contributed by atoms with van der Waals surface area (Å²) >= 11 is 0. The van der Waals surface area contributed by atoms with Gasteiger partial charge >= 0.3 is 11.9 Å². The Kier molecular flexibility index (Phi) is 7.75. The first-order valence-electron chi connectivity index (χ1n) is 11.6. The van der Waals surface area contributed by atoms with E-state index in [0.717, 1.165) is 30.6 Å². The first kappa shape index (κ1) is 27.5. The molecule has 0 amide bonds. The normalized spacial score (nSPS) is 19.6. The first-order valence-corrected chi connectivity index (χ1v) is 13.0. The molecule has 1 saturated heterocycles. The SMILES string of the molecule is COC(=O)[C@@H]1OC(c2ccc3cc(OC)ccc3c2)(C(C)OS(=O)(=O)c2ccc(C)cc2)O[C@H]1C(=O)OC. The second-order valence-corrected chi connectivity index (χ2v) is 10.3. The average molecular weight is 545 g/mol. The topological polar surface area (TPSA) is 124 Å². The fourth-order valence-corrected chi connectivity index (χ4v) is 5.34. The highest BCUT2D eigenvalue weighted by Crippen LogP contribution is 2.44. The van der Waals surface area contributed by atoms with Crippen LogP contribution in [0, 0.1) is 6.92 Å². The maximum Gasteiger partial charge on any atom is 0.338 e. The van der Waals surface area contributed by atoms with E-state index in [0.29, 0.717) is 11.3 Å². The van der Waals surface area contributed by atoms with Crippen LogP contribution >= 0.6 is 0 Å². The molecule has 1 unspecified atom stereocenters. The van der Waals surface area contributed by atoms with E-state index in [-0.39, 0.29) is 4.90 Å². The van der Waals surface area contributed by atoms with Gasteiger partial charge in [-0.1, -0.05) is 35.9 Å². The predicted octanol–water partition coefficient (Wildman–Crippen LogP) is 3.23. The van der Waals surface area contributed by atoms with Crippen molar-refractivity contribution in [2.75, 3.05) is 21.3 Å². The third-order valence-corrected chi connectivity index (χ3v) is 7.70. The predicted molar refractivity (Wildman–Crippen MR) is 135 cm³/mol. The van der Waals surface area contributed by atoms with E-state index in [1.165, 1.54) is 19.1 Å². The zero-order valence-corrected chi connectivity index (χ0v) is 22.3. The van der Waals surface area contributed by atoms with Gasteiger partial charge in [0.05, 0.1) is 26.2 Å². The highest BCUT2D eigenvalue weighted by Gasteiger charge is 2.59. The van der Waals surface area contributed by atoms with Crippen LogP contribution in [0.1, 0.15) is 18.1 Å². The lowest BCUT2D eigenvalue weighted by molar-refractivity contribution is -0.234. The molecule has 0 radical (unpaired) electrons. The fraction of sp³-hybridized carbons (Fsp3) is 0.333. The van der Waals surface area contributed by atoms with Crippen LogP contribution in [0.25, 0.3) is 10.8 Å². The molecule has 0 aromatic heterocycles. The van der Waals surface area contributed by atoms with Crippen molar-refractivity contribution in [2.45, 2.75) is 42.8 Å².